The number of nitrogens with zero attached hydrogens (tertiary/aromatic N) is 3. The molecule has 2 unspecified atom stereocenters. The molecule has 0 saturated carbocycles. The first-order valence-electron chi connectivity index (χ1n) is 10.4. The molecule has 2 fully saturated rings. The van der Waals surface area contributed by atoms with E-state index in [0.29, 0.717) is 9.87 Å². The van der Waals surface area contributed by atoms with Crippen LogP contribution in [0.25, 0.3) is 0 Å². The highest BCUT2D eigenvalue weighted by atomic mass is 32.2. The van der Waals surface area contributed by atoms with Gasteiger partial charge in [0.1, 0.15) is 5.82 Å². The number of hydrogen-bond donors (Lipinski definition) is 1. The quantitative estimate of drug-likeness (QED) is 0.564. The van der Waals surface area contributed by atoms with Crippen LogP contribution in [0.15, 0.2) is 48.8 Å². The number of fused-ring (bicyclic) bond motifs is 1. The number of aryl methyl sites for hydroxylation is 1. The van der Waals surface area contributed by atoms with Gasteiger partial charge in [-0.15, -0.1) is 0 Å². The average molecular weight is 488 g/mol. The largest absolute Gasteiger partial charge is 0.367 e. The van der Waals surface area contributed by atoms with Crippen LogP contribution in [-0.4, -0.2) is 70.0 Å². The molecule has 0 aliphatic carbocycles. The molecule has 2 aliphatic heterocycles. The minimum absolute atomic E-state index is 0.0451. The number of amides is 2. The van der Waals surface area contributed by atoms with Crippen molar-refractivity contribution >= 4 is 32.7 Å². The number of ketones is 1. The molecule has 0 radical (unpaired) electrons. The topological polar surface area (TPSA) is 148 Å². The van der Waals surface area contributed by atoms with Crippen LogP contribution in [0.5, 0.6) is 0 Å². The summed E-state index contributed by atoms with van der Waals surface area (Å²) in [6, 6.07) is 6.89. The number of hydrogen-bond acceptors (Lipinski definition) is 7. The predicted molar refractivity (Wildman–Crippen MR) is 116 cm³/mol. The summed E-state index contributed by atoms with van der Waals surface area (Å²) in [5, 5.41) is -1.27. The van der Waals surface area contributed by atoms with E-state index in [1.165, 1.54) is 42.6 Å². The van der Waals surface area contributed by atoms with Crippen molar-refractivity contribution in [2.45, 2.75) is 30.8 Å². The van der Waals surface area contributed by atoms with Crippen LogP contribution in [0, 0.1) is 5.82 Å². The summed E-state index contributed by atoms with van der Waals surface area (Å²) in [5.74, 6) is -3.01. The van der Waals surface area contributed by atoms with Crippen molar-refractivity contribution in [3.05, 3.63) is 65.7 Å². The minimum atomic E-state index is -4.71. The number of aromatic nitrogens is 1. The van der Waals surface area contributed by atoms with Gasteiger partial charge in [0.05, 0.1) is 18.2 Å². The predicted octanol–water partition coefficient (Wildman–Crippen LogP) is 0.0332. The van der Waals surface area contributed by atoms with E-state index in [4.69, 9.17) is 5.73 Å². The van der Waals surface area contributed by atoms with Gasteiger partial charge in [-0.2, -0.15) is 4.31 Å². The third-order valence-corrected chi connectivity index (χ3v) is 7.97. The third kappa shape index (κ3) is 3.68. The molecule has 3 heterocycles. The van der Waals surface area contributed by atoms with Crippen LogP contribution >= 0.6 is 0 Å². The zero-order valence-electron chi connectivity index (χ0n) is 17.9. The molecule has 2 N–H and O–H groups in total. The van der Waals surface area contributed by atoms with Gasteiger partial charge in [-0.3, -0.25) is 24.2 Å². The number of sulfonamides is 1. The second-order valence-corrected chi connectivity index (χ2v) is 9.90. The van der Waals surface area contributed by atoms with Crippen LogP contribution in [-0.2, 0) is 30.8 Å². The van der Waals surface area contributed by atoms with E-state index in [1.807, 2.05) is 0 Å². The molecule has 0 spiro atoms. The number of Topliss-reactive ketones (excluding diaryl/α,β-unsaturated/α-hetero) is 1. The molecule has 2 atom stereocenters. The van der Waals surface area contributed by atoms with Gasteiger partial charge in [-0.1, -0.05) is 12.1 Å². The molecule has 12 heteroatoms. The SMILES string of the molecule is NC(=O)C12C(=O)CN(S(=O)(=O)C(=O)c3cccnc3)C1CCN2C(=O)CCc1ccc(F)cc1. The highest BCUT2D eigenvalue weighted by molar-refractivity contribution is 8.04. The number of rotatable bonds is 6. The number of carbonyl (C=O) groups excluding carboxylic acids is 4. The number of nitrogens with two attached hydrogens (primary N) is 1. The van der Waals surface area contributed by atoms with Crippen molar-refractivity contribution < 1.29 is 32.0 Å². The second-order valence-electron chi connectivity index (χ2n) is 8.11. The molecule has 34 heavy (non-hydrogen) atoms. The Labute approximate surface area is 194 Å². The maximum Gasteiger partial charge on any atom is 0.293 e. The Morgan fingerprint density at radius 1 is 1.18 bits per heavy atom. The summed E-state index contributed by atoms with van der Waals surface area (Å²) in [6.45, 7) is -0.849. The van der Waals surface area contributed by atoms with E-state index in [1.54, 1.807) is 0 Å². The molecule has 2 saturated heterocycles. The first-order valence-corrected chi connectivity index (χ1v) is 11.9. The molecule has 1 aromatic carbocycles. The number of benzene rings is 1. The fraction of sp³-hybridized carbons (Fsp3) is 0.318. The highest BCUT2D eigenvalue weighted by Gasteiger charge is 2.68. The van der Waals surface area contributed by atoms with Gasteiger partial charge in [0.15, 0.2) is 11.3 Å². The van der Waals surface area contributed by atoms with E-state index in [0.717, 1.165) is 11.1 Å². The van der Waals surface area contributed by atoms with Crippen LogP contribution in [0.4, 0.5) is 4.39 Å². The zero-order chi connectivity index (χ0) is 24.7. The Morgan fingerprint density at radius 3 is 2.50 bits per heavy atom. The lowest BCUT2D eigenvalue weighted by molar-refractivity contribution is -0.149. The normalized spacial score (nSPS) is 22.6. The van der Waals surface area contributed by atoms with Crippen molar-refractivity contribution in [3.63, 3.8) is 0 Å². The van der Waals surface area contributed by atoms with E-state index >= 15 is 0 Å². The summed E-state index contributed by atoms with van der Waals surface area (Å²) in [6.07, 6.45) is 2.51. The minimum Gasteiger partial charge on any atom is -0.367 e. The summed E-state index contributed by atoms with van der Waals surface area (Å²) in [7, 11) is -4.71. The van der Waals surface area contributed by atoms with Crippen LogP contribution in [0.1, 0.15) is 28.8 Å². The molecule has 2 aliphatic rings. The highest BCUT2D eigenvalue weighted by Crippen LogP contribution is 2.41. The molecule has 178 valence electrons. The maximum absolute atomic E-state index is 13.1. The van der Waals surface area contributed by atoms with Crippen molar-refractivity contribution in [2.75, 3.05) is 13.1 Å². The van der Waals surface area contributed by atoms with Gasteiger partial charge in [-0.05, 0) is 42.7 Å². The van der Waals surface area contributed by atoms with Gasteiger partial charge in [0.2, 0.25) is 5.91 Å². The van der Waals surface area contributed by atoms with Gasteiger partial charge >= 0.3 is 0 Å². The van der Waals surface area contributed by atoms with Crippen molar-refractivity contribution in [2.24, 2.45) is 5.73 Å². The number of primary amides is 1. The van der Waals surface area contributed by atoms with E-state index < -0.39 is 56.7 Å². The van der Waals surface area contributed by atoms with Gasteiger partial charge in [0, 0.05) is 25.4 Å². The molecule has 4 rings (SSSR count). The molecule has 0 bridgehead atoms. The maximum atomic E-state index is 13.1. The Kier molecular flexibility index (Phi) is 6.04. The van der Waals surface area contributed by atoms with E-state index in [2.05, 4.69) is 4.98 Å². The average Bonchev–Trinajstić information content (AvgIpc) is 3.36. The number of pyridine rings is 1. The molecule has 2 aromatic rings. The molecular weight excluding hydrogens is 467 g/mol. The Hall–Kier alpha value is -3.51. The Balaban J connectivity index is 1.61. The summed E-state index contributed by atoms with van der Waals surface area (Å²) >= 11 is 0. The third-order valence-electron chi connectivity index (χ3n) is 6.26. The molecule has 1 aromatic heterocycles. The number of likely N-dealkylation sites (tertiary alicyclic amines) is 1. The fourth-order valence-corrected chi connectivity index (χ4v) is 6.17. The van der Waals surface area contributed by atoms with Gasteiger partial charge in [0.25, 0.3) is 21.0 Å². The zero-order valence-corrected chi connectivity index (χ0v) is 18.7. The van der Waals surface area contributed by atoms with Gasteiger partial charge in [-0.25, -0.2) is 12.8 Å². The summed E-state index contributed by atoms with van der Waals surface area (Å²) in [5.41, 5.74) is 3.88. The van der Waals surface area contributed by atoms with Gasteiger partial charge < -0.3 is 10.6 Å². The lowest BCUT2D eigenvalue weighted by Crippen LogP contribution is -2.64. The molecule has 2 amide bonds. The molecular formula is C22H21FN4O6S. The smallest absolute Gasteiger partial charge is 0.293 e. The monoisotopic (exact) mass is 488 g/mol. The summed E-state index contributed by atoms with van der Waals surface area (Å²) in [4.78, 5) is 56.2. The van der Waals surface area contributed by atoms with Crippen LogP contribution in [0.2, 0.25) is 0 Å². The first-order chi connectivity index (χ1) is 16.1. The lowest BCUT2D eigenvalue weighted by Gasteiger charge is -2.34. The Morgan fingerprint density at radius 2 is 1.88 bits per heavy atom. The summed E-state index contributed by atoms with van der Waals surface area (Å²) < 4.78 is 40.0. The van der Waals surface area contributed by atoms with E-state index in [9.17, 15) is 32.0 Å². The first kappa shape index (κ1) is 23.6. The van der Waals surface area contributed by atoms with Crippen LogP contribution < -0.4 is 5.73 Å². The van der Waals surface area contributed by atoms with Crippen molar-refractivity contribution in [1.29, 1.82) is 0 Å². The second kappa shape index (κ2) is 8.69. The van der Waals surface area contributed by atoms with Crippen LogP contribution in [0.3, 0.4) is 0 Å². The number of halogens is 1. The lowest BCUT2D eigenvalue weighted by atomic mass is 9.89. The van der Waals surface area contributed by atoms with Crippen molar-refractivity contribution in [3.8, 4) is 0 Å². The van der Waals surface area contributed by atoms with E-state index in [-0.39, 0.29) is 31.4 Å². The Bertz CT molecular complexity index is 1270. The molecule has 10 nitrogen and oxygen atoms in total. The number of carbonyl (C=O) groups is 4. The fourth-order valence-electron chi connectivity index (χ4n) is 4.66. The van der Waals surface area contributed by atoms with Crippen molar-refractivity contribution in [1.82, 2.24) is 14.2 Å². The standard InChI is InChI=1S/C22H21FN4O6S/c23-16-6-3-14(4-7-16)5-8-19(29)26-11-9-17-22(26,21(24)31)18(28)13-27(17)34(32,33)20(30)15-2-1-10-25-12-15/h1-4,6-7,10,12,17H,5,8-9,11,13H2,(H2,24,31).